The third-order valence-electron chi connectivity index (χ3n) is 7.04. The van der Waals surface area contributed by atoms with Crippen LogP contribution in [-0.4, -0.2) is 43.5 Å². The molecular weight excluding hydrogens is 548 g/mol. The Morgan fingerprint density at radius 2 is 1.51 bits per heavy atom. The third-order valence-corrected chi connectivity index (χ3v) is 7.04. The van der Waals surface area contributed by atoms with Gasteiger partial charge in [0.2, 0.25) is 5.91 Å². The van der Waals surface area contributed by atoms with Gasteiger partial charge in [-0.15, -0.1) is 0 Å². The summed E-state index contributed by atoms with van der Waals surface area (Å²) < 4.78 is 16.3. The highest BCUT2D eigenvalue weighted by Crippen LogP contribution is 2.30. The smallest absolute Gasteiger partial charge is 0.338 e. The second-order valence-corrected chi connectivity index (χ2v) is 11.5. The number of rotatable bonds is 11. The summed E-state index contributed by atoms with van der Waals surface area (Å²) in [4.78, 5) is 51.2. The molecule has 3 aromatic rings. The number of nitrogens with one attached hydrogen (secondary N) is 1. The van der Waals surface area contributed by atoms with Crippen LogP contribution in [-0.2, 0) is 29.3 Å². The Bertz CT molecular complexity index is 1430. The number of anilines is 2. The number of hydrogen-bond acceptors (Lipinski definition) is 7. The topological polar surface area (TPSA) is 111 Å². The molecule has 1 aliphatic heterocycles. The van der Waals surface area contributed by atoms with E-state index in [1.807, 2.05) is 31.2 Å². The molecule has 1 N–H and O–H groups in total. The average Bonchev–Trinajstić information content (AvgIpc) is 3.38. The van der Waals surface area contributed by atoms with Crippen LogP contribution in [0.3, 0.4) is 0 Å². The molecule has 4 rings (SSSR count). The van der Waals surface area contributed by atoms with Gasteiger partial charge in [0, 0.05) is 24.3 Å². The minimum Gasteiger partial charge on any atom is -0.462 e. The quantitative estimate of drug-likeness (QED) is 0.208. The Kier molecular flexibility index (Phi) is 10.2. The normalized spacial score (nSPS) is 14.7. The lowest BCUT2D eigenvalue weighted by Gasteiger charge is -2.19. The van der Waals surface area contributed by atoms with Crippen molar-refractivity contribution in [3.05, 3.63) is 83.9 Å². The molecule has 3 aromatic carbocycles. The van der Waals surface area contributed by atoms with Crippen molar-refractivity contribution in [2.24, 2.45) is 5.92 Å². The number of unbranched alkanes of at least 4 members (excludes halogenated alkanes) is 1. The van der Waals surface area contributed by atoms with E-state index >= 15 is 0 Å². The number of hydrogen-bond donors (Lipinski definition) is 1. The van der Waals surface area contributed by atoms with Gasteiger partial charge in [-0.3, -0.25) is 14.4 Å². The van der Waals surface area contributed by atoms with E-state index in [0.717, 1.165) is 12.8 Å². The highest BCUT2D eigenvalue weighted by molar-refractivity contribution is 6.00. The predicted octanol–water partition coefficient (Wildman–Crippen LogP) is 6.27. The molecule has 0 radical (unpaired) electrons. The highest BCUT2D eigenvalue weighted by atomic mass is 16.5. The number of esters is 2. The summed E-state index contributed by atoms with van der Waals surface area (Å²) in [5.41, 5.74) is 2.74. The van der Waals surface area contributed by atoms with Crippen LogP contribution in [0, 0.1) is 5.92 Å². The van der Waals surface area contributed by atoms with Gasteiger partial charge in [-0.25, -0.2) is 4.79 Å². The molecule has 1 atom stereocenters. The van der Waals surface area contributed by atoms with Crippen LogP contribution < -0.4 is 15.0 Å². The van der Waals surface area contributed by atoms with E-state index in [2.05, 4.69) is 26.1 Å². The van der Waals surface area contributed by atoms with E-state index in [1.165, 1.54) is 10.5 Å². The molecule has 0 unspecified atom stereocenters. The Balaban J connectivity index is 1.23. The molecule has 0 aromatic heterocycles. The lowest BCUT2D eigenvalue weighted by atomic mass is 9.87. The first-order valence-electron chi connectivity index (χ1n) is 14.5. The number of ether oxygens (including phenoxy) is 3. The maximum Gasteiger partial charge on any atom is 0.338 e. The fourth-order valence-electron chi connectivity index (χ4n) is 4.50. The number of carbonyl (C=O) groups excluding carboxylic acids is 4. The second kappa shape index (κ2) is 14.0. The van der Waals surface area contributed by atoms with Gasteiger partial charge in [-0.1, -0.05) is 46.2 Å². The molecule has 226 valence electrons. The number of nitrogens with zero attached hydrogens (tertiary/aromatic N) is 1. The number of amides is 2. The van der Waals surface area contributed by atoms with Crippen molar-refractivity contribution in [1.82, 2.24) is 0 Å². The van der Waals surface area contributed by atoms with Gasteiger partial charge in [0.15, 0.2) is 6.61 Å². The molecule has 0 aliphatic carbocycles. The first-order valence-corrected chi connectivity index (χ1v) is 14.5. The molecule has 1 fully saturated rings. The standard InChI is InChI=1S/C34H38N2O7/c1-5-6-19-41-32(39)23-7-11-26(12-8-23)35-30(37)22-42-33(40)24-20-31(38)36(21-24)27-13-17-29(18-14-27)43-28-15-9-25(10-16-28)34(2,3)4/h7-18,24H,5-6,19-22H2,1-4H3,(H,35,37)/t24-/m0/s1. The van der Waals surface area contributed by atoms with Gasteiger partial charge < -0.3 is 24.4 Å². The van der Waals surface area contributed by atoms with Crippen LogP contribution in [0.25, 0.3) is 0 Å². The second-order valence-electron chi connectivity index (χ2n) is 11.5. The molecule has 0 spiro atoms. The van der Waals surface area contributed by atoms with Crippen LogP contribution >= 0.6 is 0 Å². The van der Waals surface area contributed by atoms with Gasteiger partial charge in [0.25, 0.3) is 5.91 Å². The molecule has 43 heavy (non-hydrogen) atoms. The summed E-state index contributed by atoms with van der Waals surface area (Å²) in [6.07, 6.45) is 1.72. The van der Waals surface area contributed by atoms with Crippen molar-refractivity contribution < 1.29 is 33.4 Å². The predicted molar refractivity (Wildman–Crippen MR) is 163 cm³/mol. The minimum absolute atomic E-state index is 0.00531. The minimum atomic E-state index is -0.685. The van der Waals surface area contributed by atoms with Gasteiger partial charge in [-0.2, -0.15) is 0 Å². The lowest BCUT2D eigenvalue weighted by Crippen LogP contribution is -2.28. The van der Waals surface area contributed by atoms with Crippen molar-refractivity contribution >= 4 is 35.1 Å². The van der Waals surface area contributed by atoms with Crippen molar-refractivity contribution in [3.8, 4) is 11.5 Å². The van der Waals surface area contributed by atoms with E-state index in [4.69, 9.17) is 14.2 Å². The third kappa shape index (κ3) is 8.67. The first kappa shape index (κ1) is 31.3. The molecule has 2 amide bonds. The highest BCUT2D eigenvalue weighted by Gasteiger charge is 2.36. The van der Waals surface area contributed by atoms with Crippen LogP contribution in [0.5, 0.6) is 11.5 Å². The Hall–Kier alpha value is -4.66. The fourth-order valence-corrected chi connectivity index (χ4v) is 4.50. The summed E-state index contributed by atoms with van der Waals surface area (Å²) in [5, 5.41) is 2.62. The summed E-state index contributed by atoms with van der Waals surface area (Å²) in [6, 6.07) is 21.3. The van der Waals surface area contributed by atoms with E-state index in [1.54, 1.807) is 48.5 Å². The molecule has 9 nitrogen and oxygen atoms in total. The first-order chi connectivity index (χ1) is 20.5. The van der Waals surface area contributed by atoms with Gasteiger partial charge in [0.05, 0.1) is 18.1 Å². The zero-order valence-electron chi connectivity index (χ0n) is 25.1. The Morgan fingerprint density at radius 3 is 2.12 bits per heavy atom. The molecular formula is C34H38N2O7. The van der Waals surface area contributed by atoms with Crippen molar-refractivity contribution in [2.75, 3.05) is 30.0 Å². The van der Waals surface area contributed by atoms with Gasteiger partial charge in [0.1, 0.15) is 11.5 Å². The van der Waals surface area contributed by atoms with E-state index < -0.39 is 30.4 Å². The van der Waals surface area contributed by atoms with Crippen LogP contribution in [0.2, 0.25) is 0 Å². The molecule has 1 heterocycles. The zero-order chi connectivity index (χ0) is 31.0. The summed E-state index contributed by atoms with van der Waals surface area (Å²) in [7, 11) is 0. The van der Waals surface area contributed by atoms with Crippen molar-refractivity contribution in [2.45, 2.75) is 52.4 Å². The molecule has 1 saturated heterocycles. The fraction of sp³-hybridized carbons (Fsp3) is 0.353. The molecule has 9 heteroatoms. The van der Waals surface area contributed by atoms with E-state index in [0.29, 0.717) is 35.0 Å². The summed E-state index contributed by atoms with van der Waals surface area (Å²) in [5.74, 6) is -1.12. The largest absolute Gasteiger partial charge is 0.462 e. The Morgan fingerprint density at radius 1 is 0.884 bits per heavy atom. The molecule has 1 aliphatic rings. The zero-order valence-corrected chi connectivity index (χ0v) is 25.1. The van der Waals surface area contributed by atoms with Gasteiger partial charge >= 0.3 is 11.9 Å². The molecule has 0 bridgehead atoms. The van der Waals surface area contributed by atoms with E-state index in [9.17, 15) is 19.2 Å². The van der Waals surface area contributed by atoms with Crippen LogP contribution in [0.15, 0.2) is 72.8 Å². The summed E-state index contributed by atoms with van der Waals surface area (Å²) >= 11 is 0. The molecule has 0 saturated carbocycles. The maximum atomic E-state index is 12.7. The summed E-state index contributed by atoms with van der Waals surface area (Å²) in [6.45, 7) is 8.49. The average molecular weight is 587 g/mol. The number of carbonyl (C=O) groups is 4. The van der Waals surface area contributed by atoms with Crippen LogP contribution in [0.1, 0.15) is 62.9 Å². The monoisotopic (exact) mass is 586 g/mol. The van der Waals surface area contributed by atoms with Gasteiger partial charge in [-0.05, 0) is 78.1 Å². The Labute approximate surface area is 252 Å². The van der Waals surface area contributed by atoms with Crippen molar-refractivity contribution in [3.63, 3.8) is 0 Å². The SMILES string of the molecule is CCCCOC(=O)c1ccc(NC(=O)COC(=O)[C@H]2CC(=O)N(c3ccc(Oc4ccc(C(C)(C)C)cc4)cc3)C2)cc1. The number of benzene rings is 3. The van der Waals surface area contributed by atoms with E-state index in [-0.39, 0.29) is 24.3 Å². The van der Waals surface area contributed by atoms with Crippen LogP contribution in [0.4, 0.5) is 11.4 Å². The maximum absolute atomic E-state index is 12.7. The van der Waals surface area contributed by atoms with Crippen molar-refractivity contribution in [1.29, 1.82) is 0 Å². The lowest BCUT2D eigenvalue weighted by molar-refractivity contribution is -0.151.